The number of ether oxygens (including phenoxy) is 2. The van der Waals surface area contributed by atoms with Crippen molar-refractivity contribution in [2.24, 2.45) is 0 Å². The van der Waals surface area contributed by atoms with E-state index in [1.54, 1.807) is 7.11 Å². The maximum atomic E-state index is 5.47. The van der Waals surface area contributed by atoms with Gasteiger partial charge in [-0.15, -0.1) is 0 Å². The summed E-state index contributed by atoms with van der Waals surface area (Å²) >= 11 is 0. The third-order valence-corrected chi connectivity index (χ3v) is 4.72. The van der Waals surface area contributed by atoms with E-state index in [-0.39, 0.29) is 0 Å². The summed E-state index contributed by atoms with van der Waals surface area (Å²) in [6, 6.07) is 13.9. The quantitative estimate of drug-likeness (QED) is 0.639. The summed E-state index contributed by atoms with van der Waals surface area (Å²) in [4.78, 5) is 16.0. The van der Waals surface area contributed by atoms with Gasteiger partial charge in [0.05, 0.1) is 20.3 Å². The Hall–Kier alpha value is -3.39. The van der Waals surface area contributed by atoms with Gasteiger partial charge in [0.2, 0.25) is 17.8 Å². The highest BCUT2D eigenvalue weighted by Gasteiger charge is 2.17. The standard InChI is InChI=1S/C22H26N6O2/c1-15-11-16(2)13-18(12-15)24-21-25-20(23-17-5-4-6-19(14-17)29-3)26-22(27-21)28-7-9-30-10-8-28/h4-6,11-14H,7-10H2,1-3H3,(H2,23,24,25,26,27). The minimum atomic E-state index is 0.464. The summed E-state index contributed by atoms with van der Waals surface area (Å²) in [5.74, 6) is 2.33. The minimum Gasteiger partial charge on any atom is -0.497 e. The first-order chi connectivity index (χ1) is 14.6. The second kappa shape index (κ2) is 8.96. The summed E-state index contributed by atoms with van der Waals surface area (Å²) in [7, 11) is 1.64. The van der Waals surface area contributed by atoms with Crippen molar-refractivity contribution in [3.63, 3.8) is 0 Å². The van der Waals surface area contributed by atoms with Crippen molar-refractivity contribution in [2.45, 2.75) is 13.8 Å². The fraction of sp³-hybridized carbons (Fsp3) is 0.318. The number of hydrogen-bond donors (Lipinski definition) is 2. The van der Waals surface area contributed by atoms with E-state index in [4.69, 9.17) is 9.47 Å². The number of methoxy groups -OCH3 is 1. The number of aromatic nitrogens is 3. The Morgan fingerprint density at radius 2 is 1.53 bits per heavy atom. The van der Waals surface area contributed by atoms with Crippen molar-refractivity contribution >= 4 is 29.2 Å². The first-order valence-corrected chi connectivity index (χ1v) is 9.94. The summed E-state index contributed by atoms with van der Waals surface area (Å²) in [6.07, 6.45) is 0. The Bertz CT molecular complexity index is 1000. The van der Waals surface area contributed by atoms with Crippen LogP contribution in [0.5, 0.6) is 5.75 Å². The molecule has 30 heavy (non-hydrogen) atoms. The lowest BCUT2D eigenvalue weighted by Gasteiger charge is -2.27. The number of nitrogens with zero attached hydrogens (tertiary/aromatic N) is 4. The third-order valence-electron chi connectivity index (χ3n) is 4.72. The van der Waals surface area contributed by atoms with Crippen LogP contribution in [0.25, 0.3) is 0 Å². The summed E-state index contributed by atoms with van der Waals surface area (Å²) in [5, 5.41) is 6.60. The molecule has 2 N–H and O–H groups in total. The predicted octanol–water partition coefficient (Wildman–Crippen LogP) is 3.82. The van der Waals surface area contributed by atoms with Crippen molar-refractivity contribution in [1.29, 1.82) is 0 Å². The molecule has 0 bridgehead atoms. The van der Waals surface area contributed by atoms with E-state index < -0.39 is 0 Å². The lowest BCUT2D eigenvalue weighted by Crippen LogP contribution is -2.37. The van der Waals surface area contributed by atoms with Gasteiger partial charge in [0.1, 0.15) is 5.75 Å². The number of rotatable bonds is 6. The number of nitrogens with one attached hydrogen (secondary N) is 2. The van der Waals surface area contributed by atoms with Crippen LogP contribution >= 0.6 is 0 Å². The Morgan fingerprint density at radius 1 is 0.867 bits per heavy atom. The van der Waals surface area contributed by atoms with Gasteiger partial charge in [0, 0.05) is 30.5 Å². The molecule has 1 fully saturated rings. The molecule has 3 aromatic rings. The zero-order chi connectivity index (χ0) is 20.9. The minimum absolute atomic E-state index is 0.464. The number of aryl methyl sites for hydroxylation is 2. The summed E-state index contributed by atoms with van der Waals surface area (Å²) in [6.45, 7) is 6.94. The van der Waals surface area contributed by atoms with Gasteiger partial charge in [-0.3, -0.25) is 0 Å². The van der Waals surface area contributed by atoms with E-state index in [0.29, 0.717) is 31.1 Å². The molecule has 0 saturated carbocycles. The largest absolute Gasteiger partial charge is 0.497 e. The smallest absolute Gasteiger partial charge is 0.233 e. The van der Waals surface area contributed by atoms with Crippen LogP contribution in [0.1, 0.15) is 11.1 Å². The van der Waals surface area contributed by atoms with Crippen LogP contribution in [-0.4, -0.2) is 48.4 Å². The van der Waals surface area contributed by atoms with E-state index in [2.05, 4.69) is 62.5 Å². The highest BCUT2D eigenvalue weighted by molar-refractivity contribution is 5.61. The first kappa shape index (κ1) is 19.9. The Balaban J connectivity index is 1.66. The third kappa shape index (κ3) is 4.96. The van der Waals surface area contributed by atoms with Crippen LogP contribution in [0.2, 0.25) is 0 Å². The van der Waals surface area contributed by atoms with Gasteiger partial charge >= 0.3 is 0 Å². The topological polar surface area (TPSA) is 84.4 Å². The molecular weight excluding hydrogens is 380 g/mol. The van der Waals surface area contributed by atoms with Crippen LogP contribution < -0.4 is 20.3 Å². The molecule has 156 valence electrons. The highest BCUT2D eigenvalue weighted by atomic mass is 16.5. The molecule has 0 aliphatic carbocycles. The molecule has 0 atom stereocenters. The second-order valence-corrected chi connectivity index (χ2v) is 7.24. The van der Waals surface area contributed by atoms with E-state index in [0.717, 1.165) is 30.2 Å². The molecule has 4 rings (SSSR count). The fourth-order valence-corrected chi connectivity index (χ4v) is 3.39. The van der Waals surface area contributed by atoms with E-state index >= 15 is 0 Å². The van der Waals surface area contributed by atoms with Crippen LogP contribution in [0.3, 0.4) is 0 Å². The van der Waals surface area contributed by atoms with Crippen molar-refractivity contribution in [3.8, 4) is 5.75 Å². The van der Waals surface area contributed by atoms with Gasteiger partial charge in [-0.1, -0.05) is 12.1 Å². The van der Waals surface area contributed by atoms with Crippen molar-refractivity contribution < 1.29 is 9.47 Å². The average Bonchev–Trinajstić information content (AvgIpc) is 2.73. The lowest BCUT2D eigenvalue weighted by molar-refractivity contribution is 0.122. The molecule has 2 aromatic carbocycles. The van der Waals surface area contributed by atoms with Gasteiger partial charge in [0.25, 0.3) is 0 Å². The van der Waals surface area contributed by atoms with Crippen LogP contribution in [0.4, 0.5) is 29.2 Å². The number of anilines is 5. The van der Waals surface area contributed by atoms with Crippen molar-refractivity contribution in [3.05, 3.63) is 53.6 Å². The zero-order valence-electron chi connectivity index (χ0n) is 17.5. The zero-order valence-corrected chi connectivity index (χ0v) is 17.5. The second-order valence-electron chi connectivity index (χ2n) is 7.24. The Kier molecular flexibility index (Phi) is 5.94. The van der Waals surface area contributed by atoms with Gasteiger partial charge in [-0.2, -0.15) is 15.0 Å². The van der Waals surface area contributed by atoms with Crippen molar-refractivity contribution in [2.75, 3.05) is 48.9 Å². The van der Waals surface area contributed by atoms with Gasteiger partial charge in [-0.25, -0.2) is 0 Å². The molecule has 2 heterocycles. The molecule has 1 saturated heterocycles. The molecule has 8 nitrogen and oxygen atoms in total. The Labute approximate surface area is 176 Å². The molecule has 8 heteroatoms. The molecule has 0 spiro atoms. The number of morpholine rings is 1. The molecule has 0 unspecified atom stereocenters. The maximum Gasteiger partial charge on any atom is 0.233 e. The first-order valence-electron chi connectivity index (χ1n) is 9.94. The van der Waals surface area contributed by atoms with Gasteiger partial charge in [-0.05, 0) is 49.2 Å². The van der Waals surface area contributed by atoms with Crippen LogP contribution in [-0.2, 0) is 4.74 Å². The van der Waals surface area contributed by atoms with E-state index in [9.17, 15) is 0 Å². The normalized spacial score (nSPS) is 13.8. The molecule has 0 amide bonds. The molecular formula is C22H26N6O2. The molecule has 1 aliphatic rings. The maximum absolute atomic E-state index is 5.47. The average molecular weight is 406 g/mol. The highest BCUT2D eigenvalue weighted by Crippen LogP contribution is 2.24. The number of benzene rings is 2. The Morgan fingerprint density at radius 3 is 2.20 bits per heavy atom. The number of hydrogen-bond acceptors (Lipinski definition) is 8. The SMILES string of the molecule is COc1cccc(Nc2nc(Nc3cc(C)cc(C)c3)nc(N3CCOCC3)n2)c1. The fourth-order valence-electron chi connectivity index (χ4n) is 3.39. The summed E-state index contributed by atoms with van der Waals surface area (Å²) < 4.78 is 10.8. The van der Waals surface area contributed by atoms with Crippen molar-refractivity contribution in [1.82, 2.24) is 15.0 Å². The summed E-state index contributed by atoms with van der Waals surface area (Å²) in [5.41, 5.74) is 4.13. The molecule has 1 aliphatic heterocycles. The van der Waals surface area contributed by atoms with Crippen LogP contribution in [0.15, 0.2) is 42.5 Å². The van der Waals surface area contributed by atoms with Gasteiger partial charge < -0.3 is 25.0 Å². The van der Waals surface area contributed by atoms with Gasteiger partial charge in [0.15, 0.2) is 0 Å². The monoisotopic (exact) mass is 406 g/mol. The predicted molar refractivity (Wildman–Crippen MR) is 118 cm³/mol. The molecule has 1 aromatic heterocycles. The molecule has 0 radical (unpaired) electrons. The van der Waals surface area contributed by atoms with Crippen LogP contribution in [0, 0.1) is 13.8 Å². The van der Waals surface area contributed by atoms with E-state index in [1.807, 2.05) is 24.3 Å². The lowest BCUT2D eigenvalue weighted by atomic mass is 10.1. The van der Waals surface area contributed by atoms with E-state index in [1.165, 1.54) is 11.1 Å².